The van der Waals surface area contributed by atoms with E-state index in [1.54, 1.807) is 19.1 Å². The van der Waals surface area contributed by atoms with Crippen LogP contribution in [0.5, 0.6) is 0 Å². The first-order valence-electron chi connectivity index (χ1n) is 6.20. The summed E-state index contributed by atoms with van der Waals surface area (Å²) in [7, 11) is 0. The number of hydrogen-bond acceptors (Lipinski definition) is 2. The van der Waals surface area contributed by atoms with Crippen molar-refractivity contribution in [2.75, 3.05) is 0 Å². The lowest BCUT2D eigenvalue weighted by atomic mass is 10.1. The number of aliphatic hydroxyl groups excluding tert-OH is 1. The van der Waals surface area contributed by atoms with Gasteiger partial charge < -0.3 is 5.11 Å². The second kappa shape index (κ2) is 5.76. The summed E-state index contributed by atoms with van der Waals surface area (Å²) in [6.45, 7) is 5.70. The van der Waals surface area contributed by atoms with Crippen molar-refractivity contribution in [1.29, 1.82) is 0 Å². The molecule has 0 fully saturated rings. The van der Waals surface area contributed by atoms with Crippen molar-refractivity contribution in [3.05, 3.63) is 58.9 Å². The Morgan fingerprint density at radius 1 is 1.16 bits per heavy atom. The fourth-order valence-electron chi connectivity index (χ4n) is 1.99. The first-order valence-corrected chi connectivity index (χ1v) is 7.02. The van der Waals surface area contributed by atoms with Crippen LogP contribution in [0.2, 0.25) is 0 Å². The Bertz CT molecular complexity index is 593. The predicted octanol–water partition coefficient (Wildman–Crippen LogP) is 4.65. The second-order valence-corrected chi connectivity index (χ2v) is 5.76. The molecule has 1 atom stereocenters. The molecular weight excluding hydrogens is 259 g/mol. The summed E-state index contributed by atoms with van der Waals surface area (Å²) in [5.41, 5.74) is 2.93. The van der Waals surface area contributed by atoms with E-state index >= 15 is 0 Å². The van der Waals surface area contributed by atoms with E-state index in [1.165, 1.54) is 23.4 Å². The summed E-state index contributed by atoms with van der Waals surface area (Å²) in [5.74, 6) is -0.289. The fourth-order valence-corrected chi connectivity index (χ4v) is 3.08. The Labute approximate surface area is 117 Å². The van der Waals surface area contributed by atoms with Crippen LogP contribution >= 0.6 is 11.8 Å². The SMILES string of the molecule is Cc1ccc(Sc2c(F)cccc2[C@@H](C)O)c(C)c1. The van der Waals surface area contributed by atoms with Gasteiger partial charge in [-0.2, -0.15) is 0 Å². The number of halogens is 1. The van der Waals surface area contributed by atoms with Crippen molar-refractivity contribution >= 4 is 11.8 Å². The molecule has 2 aromatic rings. The lowest BCUT2D eigenvalue weighted by molar-refractivity contribution is 0.195. The summed E-state index contributed by atoms with van der Waals surface area (Å²) < 4.78 is 14.0. The van der Waals surface area contributed by atoms with Crippen LogP contribution in [0, 0.1) is 19.7 Å². The zero-order valence-electron chi connectivity index (χ0n) is 11.3. The lowest BCUT2D eigenvalue weighted by Gasteiger charge is -2.13. The van der Waals surface area contributed by atoms with E-state index in [0.29, 0.717) is 10.5 Å². The van der Waals surface area contributed by atoms with Gasteiger partial charge in [-0.15, -0.1) is 0 Å². The normalized spacial score (nSPS) is 12.5. The van der Waals surface area contributed by atoms with Gasteiger partial charge in [-0.3, -0.25) is 0 Å². The Morgan fingerprint density at radius 3 is 2.53 bits per heavy atom. The van der Waals surface area contributed by atoms with Gasteiger partial charge >= 0.3 is 0 Å². The van der Waals surface area contributed by atoms with Gasteiger partial charge in [0, 0.05) is 4.90 Å². The molecule has 0 bridgehead atoms. The maximum Gasteiger partial charge on any atom is 0.137 e. The van der Waals surface area contributed by atoms with E-state index in [9.17, 15) is 9.50 Å². The van der Waals surface area contributed by atoms with Crippen LogP contribution in [0.25, 0.3) is 0 Å². The van der Waals surface area contributed by atoms with E-state index in [-0.39, 0.29) is 5.82 Å². The third-order valence-electron chi connectivity index (χ3n) is 2.99. The molecule has 0 unspecified atom stereocenters. The third-order valence-corrected chi connectivity index (χ3v) is 4.30. The van der Waals surface area contributed by atoms with Gasteiger partial charge in [0.05, 0.1) is 11.0 Å². The molecule has 0 radical (unpaired) electrons. The topological polar surface area (TPSA) is 20.2 Å². The molecule has 0 saturated carbocycles. The zero-order chi connectivity index (χ0) is 14.0. The van der Waals surface area contributed by atoms with Gasteiger partial charge in [-0.05, 0) is 44.0 Å². The van der Waals surface area contributed by atoms with Gasteiger partial charge in [0.25, 0.3) is 0 Å². The molecule has 0 aliphatic carbocycles. The molecule has 1 nitrogen and oxygen atoms in total. The van der Waals surface area contributed by atoms with Crippen molar-refractivity contribution in [1.82, 2.24) is 0 Å². The molecule has 1 N–H and O–H groups in total. The van der Waals surface area contributed by atoms with Crippen LogP contribution in [0.1, 0.15) is 29.7 Å². The summed E-state index contributed by atoms with van der Waals surface area (Å²) >= 11 is 1.37. The minimum Gasteiger partial charge on any atom is -0.389 e. The maximum atomic E-state index is 14.0. The molecule has 0 saturated heterocycles. The highest BCUT2D eigenvalue weighted by atomic mass is 32.2. The highest BCUT2D eigenvalue weighted by molar-refractivity contribution is 7.99. The highest BCUT2D eigenvalue weighted by Crippen LogP contribution is 2.37. The number of aliphatic hydroxyl groups is 1. The molecule has 3 heteroatoms. The minimum atomic E-state index is -0.677. The largest absolute Gasteiger partial charge is 0.389 e. The molecule has 2 aromatic carbocycles. The van der Waals surface area contributed by atoms with Gasteiger partial charge in [0.2, 0.25) is 0 Å². The van der Waals surface area contributed by atoms with E-state index in [4.69, 9.17) is 0 Å². The number of benzene rings is 2. The molecule has 0 aliphatic heterocycles. The summed E-state index contributed by atoms with van der Waals surface area (Å²) in [4.78, 5) is 1.52. The molecule has 0 spiro atoms. The quantitative estimate of drug-likeness (QED) is 0.880. The van der Waals surface area contributed by atoms with Crippen LogP contribution in [-0.2, 0) is 0 Å². The van der Waals surface area contributed by atoms with E-state index < -0.39 is 6.10 Å². The van der Waals surface area contributed by atoms with E-state index in [1.807, 2.05) is 26.0 Å². The number of hydrogen-bond donors (Lipinski definition) is 1. The van der Waals surface area contributed by atoms with Crippen LogP contribution < -0.4 is 0 Å². The van der Waals surface area contributed by atoms with Gasteiger partial charge in [-0.1, -0.05) is 41.6 Å². The standard InChI is InChI=1S/C16H17FOS/c1-10-7-8-15(11(2)9-10)19-16-13(12(3)18)5-4-6-14(16)17/h4-9,12,18H,1-3H3/t12-/m1/s1. The second-order valence-electron chi connectivity index (χ2n) is 4.71. The molecule has 0 heterocycles. The minimum absolute atomic E-state index is 0.289. The van der Waals surface area contributed by atoms with E-state index in [0.717, 1.165) is 10.5 Å². The van der Waals surface area contributed by atoms with E-state index in [2.05, 4.69) is 6.07 Å². The Balaban J connectivity index is 2.43. The first-order chi connectivity index (χ1) is 8.99. The molecule has 100 valence electrons. The van der Waals surface area contributed by atoms with Crippen LogP contribution in [0.3, 0.4) is 0 Å². The van der Waals surface area contributed by atoms with Crippen LogP contribution in [0.15, 0.2) is 46.2 Å². The summed E-state index contributed by atoms with van der Waals surface area (Å²) in [6.07, 6.45) is -0.677. The molecule has 19 heavy (non-hydrogen) atoms. The van der Waals surface area contributed by atoms with Crippen molar-refractivity contribution in [3.63, 3.8) is 0 Å². The molecule has 2 rings (SSSR count). The molecular formula is C16H17FOS. The zero-order valence-corrected chi connectivity index (χ0v) is 12.1. The monoisotopic (exact) mass is 276 g/mol. The Morgan fingerprint density at radius 2 is 1.89 bits per heavy atom. The van der Waals surface area contributed by atoms with Gasteiger partial charge in [0.15, 0.2) is 0 Å². The maximum absolute atomic E-state index is 14.0. The van der Waals surface area contributed by atoms with Gasteiger partial charge in [-0.25, -0.2) is 4.39 Å². The van der Waals surface area contributed by atoms with Crippen molar-refractivity contribution in [2.45, 2.75) is 36.7 Å². The number of aryl methyl sites for hydroxylation is 2. The van der Waals surface area contributed by atoms with Crippen LogP contribution in [-0.4, -0.2) is 5.11 Å². The third kappa shape index (κ3) is 3.17. The average molecular weight is 276 g/mol. The predicted molar refractivity (Wildman–Crippen MR) is 77.1 cm³/mol. The smallest absolute Gasteiger partial charge is 0.137 e. The Kier molecular flexibility index (Phi) is 4.27. The number of rotatable bonds is 3. The fraction of sp³-hybridized carbons (Fsp3) is 0.250. The summed E-state index contributed by atoms with van der Waals surface area (Å²) in [6, 6.07) is 10.9. The Hall–Kier alpha value is -1.32. The molecule has 0 aromatic heterocycles. The van der Waals surface area contributed by atoms with Crippen molar-refractivity contribution < 1.29 is 9.50 Å². The first kappa shape index (κ1) is 14.1. The van der Waals surface area contributed by atoms with Crippen molar-refractivity contribution in [3.8, 4) is 0 Å². The molecule has 0 amide bonds. The molecule has 0 aliphatic rings. The average Bonchev–Trinajstić information content (AvgIpc) is 2.34. The lowest BCUT2D eigenvalue weighted by Crippen LogP contribution is -1.97. The van der Waals surface area contributed by atoms with Crippen molar-refractivity contribution in [2.24, 2.45) is 0 Å². The van der Waals surface area contributed by atoms with Crippen LogP contribution in [0.4, 0.5) is 4.39 Å². The summed E-state index contributed by atoms with van der Waals surface area (Å²) in [5, 5.41) is 9.74. The highest BCUT2D eigenvalue weighted by Gasteiger charge is 2.14. The van der Waals surface area contributed by atoms with Gasteiger partial charge in [0.1, 0.15) is 5.82 Å².